The topological polar surface area (TPSA) is 26.3 Å². The fraction of sp³-hybridized carbons (Fsp3) is 0.533. The van der Waals surface area contributed by atoms with Gasteiger partial charge >= 0.3 is 5.97 Å². The predicted octanol–water partition coefficient (Wildman–Crippen LogP) is 3.60. The molecule has 0 radical (unpaired) electrons. The Morgan fingerprint density at radius 1 is 1.24 bits per heavy atom. The van der Waals surface area contributed by atoms with Crippen molar-refractivity contribution in [3.05, 3.63) is 35.9 Å². The van der Waals surface area contributed by atoms with E-state index in [4.69, 9.17) is 4.74 Å². The summed E-state index contributed by atoms with van der Waals surface area (Å²) in [6.07, 6.45) is 2.36. The van der Waals surface area contributed by atoms with Gasteiger partial charge in [-0.1, -0.05) is 44.2 Å². The van der Waals surface area contributed by atoms with E-state index in [-0.39, 0.29) is 11.4 Å². The smallest absolute Gasteiger partial charge is 0.305 e. The second-order valence-corrected chi connectivity index (χ2v) is 5.13. The molecule has 0 unspecified atom stereocenters. The number of hydrogen-bond acceptors (Lipinski definition) is 2. The zero-order chi connectivity index (χ0) is 12.7. The van der Waals surface area contributed by atoms with Crippen molar-refractivity contribution < 1.29 is 9.53 Å². The standard InChI is InChI=1S/C15H22O2/c1-4-17-14(16)10-11-15(2,3)12-13-8-6-5-7-9-13/h5-9H,4,10-12H2,1-3H3. The summed E-state index contributed by atoms with van der Waals surface area (Å²) in [5, 5.41) is 0. The van der Waals surface area contributed by atoms with Crippen molar-refractivity contribution in [2.75, 3.05) is 6.61 Å². The van der Waals surface area contributed by atoms with Crippen LogP contribution in [0.2, 0.25) is 0 Å². The van der Waals surface area contributed by atoms with Crippen LogP contribution in [0.15, 0.2) is 30.3 Å². The molecule has 0 aliphatic carbocycles. The maximum atomic E-state index is 11.3. The molecule has 0 N–H and O–H groups in total. The van der Waals surface area contributed by atoms with Crippen molar-refractivity contribution in [3.63, 3.8) is 0 Å². The number of benzene rings is 1. The van der Waals surface area contributed by atoms with Crippen molar-refractivity contribution >= 4 is 5.97 Å². The maximum Gasteiger partial charge on any atom is 0.305 e. The van der Waals surface area contributed by atoms with Crippen LogP contribution in [-0.4, -0.2) is 12.6 Å². The third-order valence-corrected chi connectivity index (χ3v) is 2.84. The van der Waals surface area contributed by atoms with Gasteiger partial charge in [0.25, 0.3) is 0 Å². The Kier molecular flexibility index (Phi) is 5.20. The lowest BCUT2D eigenvalue weighted by Gasteiger charge is -2.24. The summed E-state index contributed by atoms with van der Waals surface area (Å²) in [7, 11) is 0. The minimum atomic E-state index is -0.0892. The molecule has 2 heteroatoms. The first kappa shape index (κ1) is 13.8. The molecule has 0 atom stereocenters. The highest BCUT2D eigenvalue weighted by Crippen LogP contribution is 2.27. The second-order valence-electron chi connectivity index (χ2n) is 5.13. The molecule has 0 bridgehead atoms. The number of esters is 1. The summed E-state index contributed by atoms with van der Waals surface area (Å²) in [6.45, 7) is 6.70. The van der Waals surface area contributed by atoms with Crippen molar-refractivity contribution in [2.45, 2.75) is 40.0 Å². The number of rotatable bonds is 6. The molecule has 0 saturated heterocycles. The van der Waals surface area contributed by atoms with Crippen LogP contribution < -0.4 is 0 Å². The number of carbonyl (C=O) groups is 1. The van der Waals surface area contributed by atoms with Crippen molar-refractivity contribution in [3.8, 4) is 0 Å². The molecular formula is C15H22O2. The fourth-order valence-corrected chi connectivity index (χ4v) is 1.91. The van der Waals surface area contributed by atoms with Gasteiger partial charge in [0.05, 0.1) is 6.61 Å². The summed E-state index contributed by atoms with van der Waals surface area (Å²) in [6, 6.07) is 10.4. The molecule has 0 aliphatic rings. The molecule has 1 aromatic rings. The molecule has 1 rings (SSSR count). The summed E-state index contributed by atoms with van der Waals surface area (Å²) in [5.74, 6) is -0.0892. The van der Waals surface area contributed by atoms with Gasteiger partial charge in [-0.3, -0.25) is 4.79 Å². The van der Waals surface area contributed by atoms with Crippen LogP contribution in [0.4, 0.5) is 0 Å². The number of hydrogen-bond donors (Lipinski definition) is 0. The van der Waals surface area contributed by atoms with Crippen LogP contribution in [0, 0.1) is 5.41 Å². The molecule has 94 valence electrons. The minimum absolute atomic E-state index is 0.0892. The van der Waals surface area contributed by atoms with E-state index >= 15 is 0 Å². The van der Waals surface area contributed by atoms with E-state index in [0.29, 0.717) is 13.0 Å². The van der Waals surface area contributed by atoms with Gasteiger partial charge in [0, 0.05) is 6.42 Å². The molecule has 0 heterocycles. The minimum Gasteiger partial charge on any atom is -0.466 e. The summed E-state index contributed by atoms with van der Waals surface area (Å²) >= 11 is 0. The molecule has 0 amide bonds. The van der Waals surface area contributed by atoms with E-state index in [1.807, 2.05) is 13.0 Å². The highest BCUT2D eigenvalue weighted by molar-refractivity contribution is 5.69. The van der Waals surface area contributed by atoms with Crippen LogP contribution in [0.1, 0.15) is 39.2 Å². The van der Waals surface area contributed by atoms with Crippen molar-refractivity contribution in [2.24, 2.45) is 5.41 Å². The fourth-order valence-electron chi connectivity index (χ4n) is 1.91. The van der Waals surface area contributed by atoms with Gasteiger partial charge in [-0.15, -0.1) is 0 Å². The zero-order valence-electron chi connectivity index (χ0n) is 11.0. The Morgan fingerprint density at radius 3 is 2.47 bits per heavy atom. The molecule has 0 aliphatic heterocycles. The van der Waals surface area contributed by atoms with Crippen LogP contribution in [0.3, 0.4) is 0 Å². The van der Waals surface area contributed by atoms with Gasteiger partial charge in [-0.25, -0.2) is 0 Å². The van der Waals surface area contributed by atoms with Crippen LogP contribution in [0.25, 0.3) is 0 Å². The molecule has 1 aromatic carbocycles. The Morgan fingerprint density at radius 2 is 1.88 bits per heavy atom. The lowest BCUT2D eigenvalue weighted by atomic mass is 9.81. The van der Waals surface area contributed by atoms with Gasteiger partial charge in [-0.05, 0) is 30.7 Å². The third-order valence-electron chi connectivity index (χ3n) is 2.84. The average molecular weight is 234 g/mol. The van der Waals surface area contributed by atoms with E-state index in [1.54, 1.807) is 0 Å². The Balaban J connectivity index is 2.43. The average Bonchev–Trinajstić information content (AvgIpc) is 2.28. The van der Waals surface area contributed by atoms with Crippen molar-refractivity contribution in [1.29, 1.82) is 0 Å². The SMILES string of the molecule is CCOC(=O)CCC(C)(C)Cc1ccccc1. The summed E-state index contributed by atoms with van der Waals surface area (Å²) < 4.78 is 4.95. The molecule has 17 heavy (non-hydrogen) atoms. The first-order valence-electron chi connectivity index (χ1n) is 6.23. The third kappa shape index (κ3) is 5.53. The van der Waals surface area contributed by atoms with Crippen LogP contribution >= 0.6 is 0 Å². The molecule has 0 saturated carbocycles. The summed E-state index contributed by atoms with van der Waals surface area (Å²) in [4.78, 5) is 11.3. The summed E-state index contributed by atoms with van der Waals surface area (Å²) in [5.41, 5.74) is 1.45. The predicted molar refractivity (Wildman–Crippen MR) is 69.8 cm³/mol. The Hall–Kier alpha value is -1.31. The first-order chi connectivity index (χ1) is 8.03. The zero-order valence-corrected chi connectivity index (χ0v) is 11.0. The van der Waals surface area contributed by atoms with Gasteiger partial charge in [0.2, 0.25) is 0 Å². The quantitative estimate of drug-likeness (QED) is 0.703. The first-order valence-corrected chi connectivity index (χ1v) is 6.23. The van der Waals surface area contributed by atoms with E-state index < -0.39 is 0 Å². The van der Waals surface area contributed by atoms with E-state index in [1.165, 1.54) is 5.56 Å². The molecule has 0 aromatic heterocycles. The molecule has 0 spiro atoms. The Bertz CT molecular complexity index is 341. The van der Waals surface area contributed by atoms with Gasteiger partial charge < -0.3 is 4.74 Å². The lowest BCUT2D eigenvalue weighted by Crippen LogP contribution is -2.17. The van der Waals surface area contributed by atoms with Crippen LogP contribution in [-0.2, 0) is 16.0 Å². The second kappa shape index (κ2) is 6.43. The molecule has 2 nitrogen and oxygen atoms in total. The molecular weight excluding hydrogens is 212 g/mol. The van der Waals surface area contributed by atoms with E-state index in [9.17, 15) is 4.79 Å². The molecule has 0 fully saturated rings. The normalized spacial score (nSPS) is 11.2. The highest BCUT2D eigenvalue weighted by atomic mass is 16.5. The van der Waals surface area contributed by atoms with Crippen molar-refractivity contribution in [1.82, 2.24) is 0 Å². The number of carbonyl (C=O) groups excluding carboxylic acids is 1. The van der Waals surface area contributed by atoms with Crippen LogP contribution in [0.5, 0.6) is 0 Å². The monoisotopic (exact) mass is 234 g/mol. The van der Waals surface area contributed by atoms with E-state index in [0.717, 1.165) is 12.8 Å². The maximum absolute atomic E-state index is 11.3. The van der Waals surface area contributed by atoms with Gasteiger partial charge in [-0.2, -0.15) is 0 Å². The lowest BCUT2D eigenvalue weighted by molar-refractivity contribution is -0.143. The number of ether oxygens (including phenoxy) is 1. The van der Waals surface area contributed by atoms with Gasteiger partial charge in [0.15, 0.2) is 0 Å². The largest absolute Gasteiger partial charge is 0.466 e. The van der Waals surface area contributed by atoms with E-state index in [2.05, 4.69) is 38.1 Å². The Labute approximate surface area is 104 Å². The highest BCUT2D eigenvalue weighted by Gasteiger charge is 2.20. The van der Waals surface area contributed by atoms with Gasteiger partial charge in [0.1, 0.15) is 0 Å².